The summed E-state index contributed by atoms with van der Waals surface area (Å²) in [4.78, 5) is 9.04. The van der Waals surface area contributed by atoms with Crippen LogP contribution in [0.3, 0.4) is 0 Å². The molecule has 0 saturated carbocycles. The number of nitrogens with one attached hydrogen (secondary N) is 1. The minimum absolute atomic E-state index is 0.693. The molecule has 0 spiro atoms. The minimum atomic E-state index is 0.693. The molecule has 0 aliphatic carbocycles. The standard InChI is InChI=1S/C20H24N4OS/c1-24-19(23-18-4-2-10-22-20(18)24)5-3-11-25-16-8-6-15(7-9-16)12-17-13-21-14-26-17/h2,4,6-10,17,21H,3,5,11-14H2,1H3. The van der Waals surface area contributed by atoms with E-state index in [2.05, 4.69) is 44.1 Å². The Bertz CT molecular complexity index is 856. The van der Waals surface area contributed by atoms with Crippen molar-refractivity contribution in [3.8, 4) is 5.75 Å². The van der Waals surface area contributed by atoms with E-state index in [1.165, 1.54) is 5.56 Å². The minimum Gasteiger partial charge on any atom is -0.494 e. The van der Waals surface area contributed by atoms with E-state index >= 15 is 0 Å². The van der Waals surface area contributed by atoms with Gasteiger partial charge in [0.05, 0.1) is 6.61 Å². The molecule has 1 aliphatic rings. The van der Waals surface area contributed by atoms with Crippen LogP contribution in [0.5, 0.6) is 5.75 Å². The number of imidazole rings is 1. The van der Waals surface area contributed by atoms with E-state index in [0.29, 0.717) is 11.9 Å². The summed E-state index contributed by atoms with van der Waals surface area (Å²) in [6.45, 7) is 1.80. The molecule has 0 amide bonds. The second-order valence-electron chi connectivity index (χ2n) is 6.62. The summed E-state index contributed by atoms with van der Waals surface area (Å²) in [6, 6.07) is 12.5. The topological polar surface area (TPSA) is 52.0 Å². The van der Waals surface area contributed by atoms with Gasteiger partial charge in [-0.15, -0.1) is 11.8 Å². The van der Waals surface area contributed by atoms with Gasteiger partial charge >= 0.3 is 0 Å². The quantitative estimate of drug-likeness (QED) is 0.649. The zero-order chi connectivity index (χ0) is 17.8. The third kappa shape index (κ3) is 4.02. The lowest BCUT2D eigenvalue weighted by Gasteiger charge is -2.10. The van der Waals surface area contributed by atoms with Crippen LogP contribution in [0.2, 0.25) is 0 Å². The summed E-state index contributed by atoms with van der Waals surface area (Å²) in [6.07, 6.45) is 4.75. The number of hydrogen-bond acceptors (Lipinski definition) is 5. The molecule has 4 rings (SSSR count). The maximum absolute atomic E-state index is 5.90. The van der Waals surface area contributed by atoms with Gasteiger partial charge in [-0.1, -0.05) is 12.1 Å². The fraction of sp³-hybridized carbons (Fsp3) is 0.400. The Hall–Kier alpha value is -2.05. The van der Waals surface area contributed by atoms with E-state index in [1.807, 2.05) is 37.1 Å². The molecule has 26 heavy (non-hydrogen) atoms. The summed E-state index contributed by atoms with van der Waals surface area (Å²) in [5.41, 5.74) is 3.28. The molecule has 1 unspecified atom stereocenters. The molecule has 1 aliphatic heterocycles. The van der Waals surface area contributed by atoms with Crippen LogP contribution >= 0.6 is 11.8 Å². The normalized spacial score (nSPS) is 17.0. The number of aromatic nitrogens is 3. The molecule has 1 atom stereocenters. The molecule has 3 aromatic rings. The summed E-state index contributed by atoms with van der Waals surface area (Å²) < 4.78 is 7.97. The van der Waals surface area contributed by atoms with E-state index in [0.717, 1.165) is 54.4 Å². The van der Waals surface area contributed by atoms with Gasteiger partial charge in [-0.05, 0) is 42.7 Å². The molecule has 1 N–H and O–H groups in total. The largest absolute Gasteiger partial charge is 0.494 e. The first kappa shape index (κ1) is 17.4. The number of aryl methyl sites for hydroxylation is 2. The highest BCUT2D eigenvalue weighted by Gasteiger charge is 2.15. The molecular weight excluding hydrogens is 344 g/mol. The predicted octanol–water partition coefficient (Wildman–Crippen LogP) is 3.18. The number of rotatable bonds is 7. The Morgan fingerprint density at radius 1 is 1.27 bits per heavy atom. The maximum Gasteiger partial charge on any atom is 0.159 e. The lowest BCUT2D eigenvalue weighted by atomic mass is 10.1. The monoisotopic (exact) mass is 368 g/mol. The molecular formula is C20H24N4OS. The zero-order valence-electron chi connectivity index (χ0n) is 15.0. The van der Waals surface area contributed by atoms with Crippen molar-refractivity contribution in [1.82, 2.24) is 19.9 Å². The van der Waals surface area contributed by atoms with Gasteiger partial charge in [0, 0.05) is 37.3 Å². The Balaban J connectivity index is 1.25. The Morgan fingerprint density at radius 3 is 2.92 bits per heavy atom. The van der Waals surface area contributed by atoms with Crippen LogP contribution in [0, 0.1) is 0 Å². The molecule has 1 aromatic carbocycles. The van der Waals surface area contributed by atoms with Crippen molar-refractivity contribution in [2.24, 2.45) is 7.05 Å². The van der Waals surface area contributed by atoms with Gasteiger partial charge in [-0.3, -0.25) is 0 Å². The van der Waals surface area contributed by atoms with Gasteiger partial charge in [-0.2, -0.15) is 0 Å². The van der Waals surface area contributed by atoms with Crippen molar-refractivity contribution in [3.05, 3.63) is 54.0 Å². The Morgan fingerprint density at radius 2 is 2.15 bits per heavy atom. The first-order chi connectivity index (χ1) is 12.8. The SMILES string of the molecule is Cn1c(CCCOc2ccc(CC3CNCS3)cc2)nc2cccnc21. The molecule has 2 aromatic heterocycles. The number of pyridine rings is 1. The van der Waals surface area contributed by atoms with Crippen molar-refractivity contribution < 1.29 is 4.74 Å². The van der Waals surface area contributed by atoms with Crippen molar-refractivity contribution in [1.29, 1.82) is 0 Å². The van der Waals surface area contributed by atoms with Crippen LogP contribution in [-0.4, -0.2) is 38.8 Å². The Kier molecular flexibility index (Phi) is 5.41. The predicted molar refractivity (Wildman–Crippen MR) is 107 cm³/mol. The van der Waals surface area contributed by atoms with E-state index in [4.69, 9.17) is 4.74 Å². The summed E-state index contributed by atoms with van der Waals surface area (Å²) in [5.74, 6) is 3.07. The smallest absolute Gasteiger partial charge is 0.159 e. The molecule has 0 radical (unpaired) electrons. The summed E-state index contributed by atoms with van der Waals surface area (Å²) >= 11 is 2.00. The average molecular weight is 369 g/mol. The second-order valence-corrected chi connectivity index (χ2v) is 7.91. The van der Waals surface area contributed by atoms with E-state index in [9.17, 15) is 0 Å². The zero-order valence-corrected chi connectivity index (χ0v) is 15.8. The highest BCUT2D eigenvalue weighted by molar-refractivity contribution is 8.00. The number of ether oxygens (including phenoxy) is 1. The number of thioether (sulfide) groups is 1. The highest BCUT2D eigenvalue weighted by Crippen LogP contribution is 2.21. The molecule has 6 heteroatoms. The van der Waals surface area contributed by atoms with E-state index < -0.39 is 0 Å². The number of nitrogens with zero attached hydrogens (tertiary/aromatic N) is 3. The van der Waals surface area contributed by atoms with Gasteiger partial charge in [-0.25, -0.2) is 9.97 Å². The first-order valence-corrected chi connectivity index (χ1v) is 10.1. The molecule has 0 bridgehead atoms. The Labute approximate surface area is 158 Å². The van der Waals surface area contributed by atoms with E-state index in [1.54, 1.807) is 0 Å². The van der Waals surface area contributed by atoms with Gasteiger partial charge in [0.15, 0.2) is 5.65 Å². The van der Waals surface area contributed by atoms with Crippen LogP contribution in [0.15, 0.2) is 42.6 Å². The lowest BCUT2D eigenvalue weighted by molar-refractivity contribution is 0.309. The van der Waals surface area contributed by atoms with Gasteiger partial charge in [0.1, 0.15) is 17.1 Å². The fourth-order valence-electron chi connectivity index (χ4n) is 3.29. The van der Waals surface area contributed by atoms with Crippen LogP contribution in [0.1, 0.15) is 17.8 Å². The van der Waals surface area contributed by atoms with Gasteiger partial charge in [0.25, 0.3) is 0 Å². The van der Waals surface area contributed by atoms with Crippen LogP contribution < -0.4 is 10.1 Å². The maximum atomic E-state index is 5.90. The fourth-order valence-corrected chi connectivity index (χ4v) is 4.30. The first-order valence-electron chi connectivity index (χ1n) is 9.10. The van der Waals surface area contributed by atoms with Crippen LogP contribution in [0.4, 0.5) is 0 Å². The van der Waals surface area contributed by atoms with Crippen molar-refractivity contribution in [2.75, 3.05) is 19.0 Å². The lowest BCUT2D eigenvalue weighted by Crippen LogP contribution is -2.14. The summed E-state index contributed by atoms with van der Waals surface area (Å²) in [7, 11) is 2.02. The molecule has 1 saturated heterocycles. The third-order valence-corrected chi connectivity index (χ3v) is 5.89. The molecule has 1 fully saturated rings. The molecule has 5 nitrogen and oxygen atoms in total. The molecule has 3 heterocycles. The van der Waals surface area contributed by atoms with Crippen LogP contribution in [-0.2, 0) is 19.9 Å². The van der Waals surface area contributed by atoms with E-state index in [-0.39, 0.29) is 0 Å². The average Bonchev–Trinajstić information content (AvgIpc) is 3.29. The molecule has 136 valence electrons. The second kappa shape index (κ2) is 8.10. The summed E-state index contributed by atoms with van der Waals surface area (Å²) in [5, 5.41) is 4.09. The number of benzene rings is 1. The van der Waals surface area contributed by atoms with Gasteiger partial charge < -0.3 is 14.6 Å². The number of fused-ring (bicyclic) bond motifs is 1. The van der Waals surface area contributed by atoms with Crippen molar-refractivity contribution in [2.45, 2.75) is 24.5 Å². The van der Waals surface area contributed by atoms with Crippen molar-refractivity contribution in [3.63, 3.8) is 0 Å². The van der Waals surface area contributed by atoms with Crippen molar-refractivity contribution >= 4 is 22.9 Å². The number of hydrogen-bond donors (Lipinski definition) is 1. The van der Waals surface area contributed by atoms with Crippen LogP contribution in [0.25, 0.3) is 11.2 Å². The highest BCUT2D eigenvalue weighted by atomic mass is 32.2. The van der Waals surface area contributed by atoms with Gasteiger partial charge in [0.2, 0.25) is 0 Å². The third-order valence-electron chi connectivity index (χ3n) is 4.71.